The molecule has 6 nitrogen and oxygen atoms in total. The van der Waals surface area contributed by atoms with Crippen molar-refractivity contribution in [1.82, 2.24) is 0 Å². The van der Waals surface area contributed by atoms with Crippen LogP contribution < -0.4 is 19.2 Å². The summed E-state index contributed by atoms with van der Waals surface area (Å²) in [6.45, 7) is 4.99. The lowest BCUT2D eigenvalue weighted by atomic mass is 10.1. The number of ether oxygens (including phenoxy) is 3. The molecule has 0 unspecified atom stereocenters. The minimum Gasteiger partial charge on any atom is -0.490 e. The van der Waals surface area contributed by atoms with Gasteiger partial charge in [-0.3, -0.25) is 4.79 Å². The zero-order valence-corrected chi connectivity index (χ0v) is 23.1. The number of hydrogen-bond donors (Lipinski definition) is 0. The summed E-state index contributed by atoms with van der Waals surface area (Å²) in [5.74, 6) is 1.71. The fraction of sp³-hybridized carbons (Fsp3) is 0.152. The van der Waals surface area contributed by atoms with Gasteiger partial charge in [-0.15, -0.1) is 0 Å². The van der Waals surface area contributed by atoms with Crippen LogP contribution >= 0.6 is 11.6 Å². The first-order valence-electron chi connectivity index (χ1n) is 13.0. The summed E-state index contributed by atoms with van der Waals surface area (Å²) < 4.78 is 18.1. The van der Waals surface area contributed by atoms with E-state index in [9.17, 15) is 4.79 Å². The SMILES string of the molecule is CCOc1cc(COc2ccc(Cl)cc2/C=C2\C(=O)N(c3ccccc3)N=C2C)ccc1OCc1ccccc1. The van der Waals surface area contributed by atoms with Gasteiger partial charge in [0.1, 0.15) is 19.0 Å². The van der Waals surface area contributed by atoms with Crippen molar-refractivity contribution in [3.05, 3.63) is 124 Å². The average molecular weight is 553 g/mol. The molecule has 5 rings (SSSR count). The van der Waals surface area contributed by atoms with Crippen molar-refractivity contribution in [2.24, 2.45) is 5.10 Å². The number of anilines is 1. The number of nitrogens with zero attached hydrogens (tertiary/aromatic N) is 2. The lowest BCUT2D eigenvalue weighted by Crippen LogP contribution is -2.21. The number of halogens is 1. The molecule has 0 radical (unpaired) electrons. The van der Waals surface area contributed by atoms with E-state index in [4.69, 9.17) is 25.8 Å². The van der Waals surface area contributed by atoms with Crippen molar-refractivity contribution in [1.29, 1.82) is 0 Å². The molecule has 0 N–H and O–H groups in total. The van der Waals surface area contributed by atoms with Gasteiger partial charge in [0.2, 0.25) is 0 Å². The van der Waals surface area contributed by atoms with E-state index in [1.54, 1.807) is 24.3 Å². The van der Waals surface area contributed by atoms with E-state index in [0.717, 1.165) is 11.1 Å². The molecule has 1 heterocycles. The Morgan fingerprint density at radius 3 is 2.20 bits per heavy atom. The van der Waals surface area contributed by atoms with E-state index in [1.165, 1.54) is 5.01 Å². The predicted octanol–water partition coefficient (Wildman–Crippen LogP) is 7.70. The Balaban J connectivity index is 1.33. The summed E-state index contributed by atoms with van der Waals surface area (Å²) in [7, 11) is 0. The molecule has 40 heavy (non-hydrogen) atoms. The molecule has 0 saturated heterocycles. The van der Waals surface area contributed by atoms with Crippen molar-refractivity contribution in [3.63, 3.8) is 0 Å². The van der Waals surface area contributed by atoms with Crippen LogP contribution in [0.4, 0.5) is 5.69 Å². The normalized spacial score (nSPS) is 13.9. The molecule has 0 aromatic heterocycles. The number of rotatable bonds is 10. The van der Waals surface area contributed by atoms with Crippen LogP contribution in [-0.2, 0) is 18.0 Å². The topological polar surface area (TPSA) is 60.4 Å². The highest BCUT2D eigenvalue weighted by atomic mass is 35.5. The van der Waals surface area contributed by atoms with Crippen molar-refractivity contribution < 1.29 is 19.0 Å². The molecule has 4 aromatic rings. The molecule has 1 aliphatic rings. The molecular formula is C33H29ClN2O4. The molecule has 0 aliphatic carbocycles. The summed E-state index contributed by atoms with van der Waals surface area (Å²) in [6, 6.07) is 30.4. The molecule has 4 aromatic carbocycles. The minimum atomic E-state index is -0.206. The fourth-order valence-electron chi connectivity index (χ4n) is 4.27. The lowest BCUT2D eigenvalue weighted by Gasteiger charge is -2.15. The van der Waals surface area contributed by atoms with E-state index in [1.807, 2.05) is 92.7 Å². The summed E-state index contributed by atoms with van der Waals surface area (Å²) in [4.78, 5) is 13.2. The van der Waals surface area contributed by atoms with Crippen molar-refractivity contribution in [3.8, 4) is 17.2 Å². The third-order valence-corrected chi connectivity index (χ3v) is 6.51. The lowest BCUT2D eigenvalue weighted by molar-refractivity contribution is -0.114. The fourth-order valence-corrected chi connectivity index (χ4v) is 4.45. The van der Waals surface area contributed by atoms with Crippen LogP contribution in [0.2, 0.25) is 5.02 Å². The van der Waals surface area contributed by atoms with Gasteiger partial charge in [0.15, 0.2) is 11.5 Å². The Labute approximate surface area is 239 Å². The highest BCUT2D eigenvalue weighted by molar-refractivity contribution is 6.33. The molecule has 1 aliphatic heterocycles. The summed E-state index contributed by atoms with van der Waals surface area (Å²) in [5, 5.41) is 6.41. The van der Waals surface area contributed by atoms with Crippen LogP contribution in [0.25, 0.3) is 6.08 Å². The maximum atomic E-state index is 13.2. The van der Waals surface area contributed by atoms with E-state index < -0.39 is 0 Å². The number of hydrazone groups is 1. The first-order chi connectivity index (χ1) is 19.5. The highest BCUT2D eigenvalue weighted by Crippen LogP contribution is 2.32. The Morgan fingerprint density at radius 1 is 0.775 bits per heavy atom. The van der Waals surface area contributed by atoms with Crippen LogP contribution in [0.3, 0.4) is 0 Å². The molecular weight excluding hydrogens is 524 g/mol. The number of hydrogen-bond acceptors (Lipinski definition) is 5. The summed E-state index contributed by atoms with van der Waals surface area (Å²) in [5.41, 5.74) is 4.48. The van der Waals surface area contributed by atoms with Crippen LogP contribution in [0.15, 0.2) is 108 Å². The number of carbonyl (C=O) groups is 1. The van der Waals surface area contributed by atoms with E-state index in [2.05, 4.69) is 5.10 Å². The second-order valence-corrected chi connectivity index (χ2v) is 9.59. The molecule has 7 heteroatoms. The van der Waals surface area contributed by atoms with Crippen molar-refractivity contribution in [2.45, 2.75) is 27.1 Å². The molecule has 0 atom stereocenters. The number of carbonyl (C=O) groups excluding carboxylic acids is 1. The van der Waals surface area contributed by atoms with Crippen LogP contribution in [0.1, 0.15) is 30.5 Å². The Kier molecular flexibility index (Phi) is 8.47. The molecule has 202 valence electrons. The van der Waals surface area contributed by atoms with Crippen LogP contribution in [0, 0.1) is 0 Å². The third-order valence-electron chi connectivity index (χ3n) is 6.27. The van der Waals surface area contributed by atoms with E-state index >= 15 is 0 Å². The molecule has 0 saturated carbocycles. The second kappa shape index (κ2) is 12.5. The summed E-state index contributed by atoms with van der Waals surface area (Å²) >= 11 is 6.32. The monoisotopic (exact) mass is 552 g/mol. The second-order valence-electron chi connectivity index (χ2n) is 9.16. The largest absolute Gasteiger partial charge is 0.490 e. The van der Waals surface area contributed by atoms with Gasteiger partial charge in [0, 0.05) is 10.6 Å². The predicted molar refractivity (Wildman–Crippen MR) is 159 cm³/mol. The Hall–Kier alpha value is -4.55. The first kappa shape index (κ1) is 27.0. The van der Waals surface area contributed by atoms with Gasteiger partial charge >= 0.3 is 0 Å². The Morgan fingerprint density at radius 2 is 1.45 bits per heavy atom. The minimum absolute atomic E-state index is 0.206. The van der Waals surface area contributed by atoms with Crippen LogP contribution in [-0.4, -0.2) is 18.2 Å². The van der Waals surface area contributed by atoms with Gasteiger partial charge in [-0.1, -0.05) is 66.2 Å². The molecule has 0 fully saturated rings. The van der Waals surface area contributed by atoms with Gasteiger partial charge in [-0.25, -0.2) is 0 Å². The summed E-state index contributed by atoms with van der Waals surface area (Å²) in [6.07, 6.45) is 1.78. The van der Waals surface area contributed by atoms with Gasteiger partial charge in [-0.2, -0.15) is 10.1 Å². The quantitative estimate of drug-likeness (QED) is 0.189. The number of amides is 1. The van der Waals surface area contributed by atoms with Crippen LogP contribution in [0.5, 0.6) is 17.2 Å². The van der Waals surface area contributed by atoms with Gasteiger partial charge in [-0.05, 0) is 73.5 Å². The van der Waals surface area contributed by atoms with E-state index in [0.29, 0.717) is 58.0 Å². The Bertz CT molecular complexity index is 1550. The maximum Gasteiger partial charge on any atom is 0.280 e. The van der Waals surface area contributed by atoms with Gasteiger partial charge < -0.3 is 14.2 Å². The average Bonchev–Trinajstić information content (AvgIpc) is 3.26. The van der Waals surface area contributed by atoms with Gasteiger partial charge in [0.25, 0.3) is 5.91 Å². The van der Waals surface area contributed by atoms with Gasteiger partial charge in [0.05, 0.1) is 23.6 Å². The smallest absolute Gasteiger partial charge is 0.280 e. The molecule has 0 spiro atoms. The molecule has 0 bridgehead atoms. The standard InChI is InChI=1S/C33H29ClN2O4/c1-3-38-32-18-25(14-16-31(32)40-21-24-10-6-4-7-11-24)22-39-30-17-15-27(34)19-26(30)20-29-23(2)35-36(33(29)37)28-12-8-5-9-13-28/h4-20H,3,21-22H2,1-2H3/b29-20-. The third kappa shape index (κ3) is 6.35. The number of benzene rings is 4. The zero-order valence-electron chi connectivity index (χ0n) is 22.3. The highest BCUT2D eigenvalue weighted by Gasteiger charge is 2.29. The van der Waals surface area contributed by atoms with Crippen molar-refractivity contribution >= 4 is 35.0 Å². The van der Waals surface area contributed by atoms with E-state index in [-0.39, 0.29) is 12.5 Å². The van der Waals surface area contributed by atoms with Crippen molar-refractivity contribution in [2.75, 3.05) is 11.6 Å². The first-order valence-corrected chi connectivity index (χ1v) is 13.4. The zero-order chi connectivity index (χ0) is 27.9. The maximum absolute atomic E-state index is 13.2. The molecule has 1 amide bonds. The number of para-hydroxylation sites is 1.